The molecule has 0 saturated heterocycles. The normalized spacial score (nSPS) is 12.6. The first-order valence-electron chi connectivity index (χ1n) is 7.61. The second-order valence-electron chi connectivity index (χ2n) is 6.65. The highest BCUT2D eigenvalue weighted by atomic mass is 16.2. The van der Waals surface area contributed by atoms with E-state index in [9.17, 15) is 9.59 Å². The number of carbonyl (C=O) groups excluding carboxylic acids is 2. The molecular formula is C17H27N3O2. The van der Waals surface area contributed by atoms with Crippen LogP contribution in [-0.2, 0) is 11.3 Å². The number of nitrogens with two attached hydrogens (primary N) is 1. The number of amides is 2. The topological polar surface area (TPSA) is 84.2 Å². The molecule has 0 fully saturated rings. The Morgan fingerprint density at radius 3 is 2.23 bits per heavy atom. The van der Waals surface area contributed by atoms with E-state index in [4.69, 9.17) is 5.73 Å². The number of carbonyl (C=O) groups is 2. The van der Waals surface area contributed by atoms with Crippen LogP contribution < -0.4 is 16.4 Å². The Morgan fingerprint density at radius 1 is 1.14 bits per heavy atom. The van der Waals surface area contributed by atoms with Gasteiger partial charge in [-0.15, -0.1) is 0 Å². The SMILES string of the molecule is CC(N)CCNC(=O)c1ccc(CNC(=O)C(C)(C)C)cc1. The highest BCUT2D eigenvalue weighted by molar-refractivity contribution is 5.94. The van der Waals surface area contributed by atoms with Crippen LogP contribution in [0.25, 0.3) is 0 Å². The van der Waals surface area contributed by atoms with Gasteiger partial charge in [-0.1, -0.05) is 32.9 Å². The van der Waals surface area contributed by atoms with E-state index < -0.39 is 5.41 Å². The van der Waals surface area contributed by atoms with Crippen molar-refractivity contribution in [3.8, 4) is 0 Å². The monoisotopic (exact) mass is 305 g/mol. The van der Waals surface area contributed by atoms with Crippen LogP contribution in [0.5, 0.6) is 0 Å². The molecule has 1 rings (SSSR count). The predicted molar refractivity (Wildman–Crippen MR) is 88.3 cm³/mol. The van der Waals surface area contributed by atoms with Crippen molar-refractivity contribution in [1.82, 2.24) is 10.6 Å². The third kappa shape index (κ3) is 6.26. The fourth-order valence-electron chi connectivity index (χ4n) is 1.74. The molecule has 5 heteroatoms. The Morgan fingerprint density at radius 2 is 1.73 bits per heavy atom. The van der Waals surface area contributed by atoms with E-state index in [-0.39, 0.29) is 17.9 Å². The lowest BCUT2D eigenvalue weighted by Gasteiger charge is -2.17. The number of hydrogen-bond donors (Lipinski definition) is 3. The van der Waals surface area contributed by atoms with Crippen molar-refractivity contribution in [3.63, 3.8) is 0 Å². The van der Waals surface area contributed by atoms with Crippen LogP contribution in [-0.4, -0.2) is 24.4 Å². The van der Waals surface area contributed by atoms with E-state index in [1.165, 1.54) is 0 Å². The van der Waals surface area contributed by atoms with Crippen molar-refractivity contribution in [2.45, 2.75) is 46.7 Å². The first-order chi connectivity index (χ1) is 10.2. The van der Waals surface area contributed by atoms with Crippen LogP contribution in [0.2, 0.25) is 0 Å². The quantitative estimate of drug-likeness (QED) is 0.749. The molecule has 0 radical (unpaired) electrons. The maximum absolute atomic E-state index is 11.9. The molecule has 0 spiro atoms. The van der Waals surface area contributed by atoms with Gasteiger partial charge < -0.3 is 16.4 Å². The van der Waals surface area contributed by atoms with Crippen molar-refractivity contribution >= 4 is 11.8 Å². The zero-order chi connectivity index (χ0) is 16.8. The van der Waals surface area contributed by atoms with Gasteiger partial charge in [-0.25, -0.2) is 0 Å². The third-order valence-electron chi connectivity index (χ3n) is 3.24. The molecule has 5 nitrogen and oxygen atoms in total. The summed E-state index contributed by atoms with van der Waals surface area (Å²) in [6.45, 7) is 8.56. The largest absolute Gasteiger partial charge is 0.352 e. The smallest absolute Gasteiger partial charge is 0.251 e. The van der Waals surface area contributed by atoms with Gasteiger partial charge in [0.25, 0.3) is 5.91 Å². The first-order valence-corrected chi connectivity index (χ1v) is 7.61. The fourth-order valence-corrected chi connectivity index (χ4v) is 1.74. The fraction of sp³-hybridized carbons (Fsp3) is 0.529. The molecule has 0 saturated carbocycles. The number of rotatable bonds is 6. The predicted octanol–water partition coefficient (Wildman–Crippen LogP) is 1.82. The minimum absolute atomic E-state index is 0.00484. The minimum atomic E-state index is -0.403. The van der Waals surface area contributed by atoms with E-state index in [0.717, 1.165) is 12.0 Å². The maximum Gasteiger partial charge on any atom is 0.251 e. The molecule has 1 unspecified atom stereocenters. The number of nitrogens with one attached hydrogen (secondary N) is 2. The summed E-state index contributed by atoms with van der Waals surface area (Å²) in [4.78, 5) is 23.7. The van der Waals surface area contributed by atoms with Crippen molar-refractivity contribution < 1.29 is 9.59 Å². The number of benzene rings is 1. The van der Waals surface area contributed by atoms with E-state index in [0.29, 0.717) is 18.7 Å². The molecule has 2 amide bonds. The standard InChI is InChI=1S/C17H27N3O2/c1-12(18)9-10-19-15(21)14-7-5-13(6-8-14)11-20-16(22)17(2,3)4/h5-8,12H,9-11,18H2,1-4H3,(H,19,21)(H,20,22). The van der Waals surface area contributed by atoms with Crippen LogP contribution in [0.15, 0.2) is 24.3 Å². The molecule has 0 aliphatic heterocycles. The minimum Gasteiger partial charge on any atom is -0.352 e. The Kier molecular flexibility index (Phi) is 6.56. The summed E-state index contributed by atoms with van der Waals surface area (Å²) in [7, 11) is 0. The van der Waals surface area contributed by atoms with Crippen molar-refractivity contribution in [2.75, 3.05) is 6.54 Å². The van der Waals surface area contributed by atoms with Crippen LogP contribution in [0.4, 0.5) is 0 Å². The molecule has 0 bridgehead atoms. The average molecular weight is 305 g/mol. The lowest BCUT2D eigenvalue weighted by Crippen LogP contribution is -2.34. The molecule has 1 atom stereocenters. The third-order valence-corrected chi connectivity index (χ3v) is 3.24. The molecule has 0 aliphatic carbocycles. The van der Waals surface area contributed by atoms with E-state index in [2.05, 4.69) is 10.6 Å². The number of hydrogen-bond acceptors (Lipinski definition) is 3. The van der Waals surface area contributed by atoms with E-state index in [1.807, 2.05) is 39.8 Å². The lowest BCUT2D eigenvalue weighted by molar-refractivity contribution is -0.128. The van der Waals surface area contributed by atoms with Gasteiger partial charge in [-0.05, 0) is 31.0 Å². The first kappa shape index (κ1) is 18.2. The molecule has 0 heterocycles. The van der Waals surface area contributed by atoms with E-state index >= 15 is 0 Å². The Hall–Kier alpha value is -1.88. The van der Waals surface area contributed by atoms with E-state index in [1.54, 1.807) is 12.1 Å². The zero-order valence-electron chi connectivity index (χ0n) is 13.9. The van der Waals surface area contributed by atoms with Gasteiger partial charge in [0.05, 0.1) is 0 Å². The zero-order valence-corrected chi connectivity index (χ0v) is 13.9. The second kappa shape index (κ2) is 7.94. The molecule has 1 aromatic rings. The second-order valence-corrected chi connectivity index (χ2v) is 6.65. The summed E-state index contributed by atoms with van der Waals surface area (Å²) in [6.07, 6.45) is 0.753. The lowest BCUT2D eigenvalue weighted by atomic mass is 9.95. The summed E-state index contributed by atoms with van der Waals surface area (Å²) in [5.74, 6) is -0.101. The summed E-state index contributed by atoms with van der Waals surface area (Å²) in [6, 6.07) is 7.31. The van der Waals surface area contributed by atoms with Gasteiger partial charge in [-0.3, -0.25) is 9.59 Å². The van der Waals surface area contributed by atoms with Crippen molar-refractivity contribution in [1.29, 1.82) is 0 Å². The molecule has 4 N–H and O–H groups in total. The van der Waals surface area contributed by atoms with Gasteiger partial charge in [0.2, 0.25) is 5.91 Å². The molecular weight excluding hydrogens is 278 g/mol. The molecule has 1 aromatic carbocycles. The van der Waals surface area contributed by atoms with Crippen LogP contribution in [0.3, 0.4) is 0 Å². The van der Waals surface area contributed by atoms with Gasteiger partial charge in [0.15, 0.2) is 0 Å². The Balaban J connectivity index is 2.49. The van der Waals surface area contributed by atoms with Gasteiger partial charge in [0.1, 0.15) is 0 Å². The van der Waals surface area contributed by atoms with Crippen LogP contribution in [0.1, 0.15) is 50.0 Å². The Bertz CT molecular complexity index is 502. The average Bonchev–Trinajstić information content (AvgIpc) is 2.43. The van der Waals surface area contributed by atoms with Crippen LogP contribution in [0, 0.1) is 5.41 Å². The van der Waals surface area contributed by atoms with Crippen molar-refractivity contribution in [3.05, 3.63) is 35.4 Å². The summed E-state index contributed by atoms with van der Waals surface area (Å²) < 4.78 is 0. The Labute approximate surface area is 132 Å². The molecule has 22 heavy (non-hydrogen) atoms. The van der Waals surface area contributed by atoms with Crippen LogP contribution >= 0.6 is 0 Å². The highest BCUT2D eigenvalue weighted by Gasteiger charge is 2.20. The molecule has 122 valence electrons. The van der Waals surface area contributed by atoms with Crippen molar-refractivity contribution in [2.24, 2.45) is 11.1 Å². The van der Waals surface area contributed by atoms with Gasteiger partial charge >= 0.3 is 0 Å². The molecule has 0 aromatic heterocycles. The molecule has 0 aliphatic rings. The van der Waals surface area contributed by atoms with Gasteiger partial charge in [-0.2, -0.15) is 0 Å². The summed E-state index contributed by atoms with van der Waals surface area (Å²) in [5.41, 5.74) is 6.81. The summed E-state index contributed by atoms with van der Waals surface area (Å²) in [5, 5.41) is 5.71. The summed E-state index contributed by atoms with van der Waals surface area (Å²) >= 11 is 0. The van der Waals surface area contributed by atoms with Gasteiger partial charge in [0, 0.05) is 30.1 Å². The highest BCUT2D eigenvalue weighted by Crippen LogP contribution is 2.13. The maximum atomic E-state index is 11.9.